The molecule has 0 spiro atoms. The highest BCUT2D eigenvalue weighted by Gasteiger charge is 2.29. The van der Waals surface area contributed by atoms with Crippen molar-refractivity contribution in [2.75, 3.05) is 23.7 Å². The highest BCUT2D eigenvalue weighted by Crippen LogP contribution is 2.22. The zero-order valence-corrected chi connectivity index (χ0v) is 22.5. The summed E-state index contributed by atoms with van der Waals surface area (Å²) in [6.45, 7) is 6.62. The van der Waals surface area contributed by atoms with Crippen LogP contribution in [-0.2, 0) is 26.2 Å². The first kappa shape index (κ1) is 28.7. The van der Waals surface area contributed by atoms with E-state index in [2.05, 4.69) is 5.32 Å². The van der Waals surface area contributed by atoms with E-state index < -0.39 is 16.1 Å². The number of hydrogen-bond acceptors (Lipinski definition) is 4. The number of amides is 2. The van der Waals surface area contributed by atoms with Crippen molar-refractivity contribution >= 4 is 39.1 Å². The quantitative estimate of drug-likeness (QED) is 0.419. The number of sulfonamides is 1. The molecule has 0 bridgehead atoms. The number of nitrogens with one attached hydrogen (secondary N) is 1. The van der Waals surface area contributed by atoms with Gasteiger partial charge in [0.1, 0.15) is 6.04 Å². The van der Waals surface area contributed by atoms with E-state index in [1.165, 1.54) is 4.31 Å². The molecule has 9 heteroatoms. The molecule has 7 nitrogen and oxygen atoms in total. The molecule has 0 aliphatic heterocycles. The lowest BCUT2D eigenvalue weighted by Crippen LogP contribution is -2.49. The van der Waals surface area contributed by atoms with Gasteiger partial charge in [-0.05, 0) is 55.5 Å². The van der Waals surface area contributed by atoms with Gasteiger partial charge >= 0.3 is 0 Å². The Morgan fingerprint density at radius 2 is 1.80 bits per heavy atom. The van der Waals surface area contributed by atoms with Crippen LogP contribution < -0.4 is 9.62 Å². The molecule has 0 unspecified atom stereocenters. The molecular weight excluding hydrogens is 486 g/mol. The number of carbonyl (C=O) groups is 2. The third-order valence-corrected chi connectivity index (χ3v) is 7.24. The van der Waals surface area contributed by atoms with Gasteiger partial charge in [0.15, 0.2) is 0 Å². The van der Waals surface area contributed by atoms with Crippen LogP contribution in [0.4, 0.5) is 5.69 Å². The Bertz CT molecular complexity index is 1110. The van der Waals surface area contributed by atoms with Crippen LogP contribution in [0.25, 0.3) is 0 Å². The van der Waals surface area contributed by atoms with Crippen LogP contribution in [-0.4, -0.2) is 50.5 Å². The van der Waals surface area contributed by atoms with E-state index in [1.807, 2.05) is 45.0 Å². The summed E-state index contributed by atoms with van der Waals surface area (Å²) in [6.07, 6.45) is 2.81. The highest BCUT2D eigenvalue weighted by atomic mass is 35.5. The summed E-state index contributed by atoms with van der Waals surface area (Å²) in [5.74, 6) is -0.423. The van der Waals surface area contributed by atoms with Gasteiger partial charge in [-0.15, -0.1) is 0 Å². The maximum atomic E-state index is 13.4. The van der Waals surface area contributed by atoms with Crippen molar-refractivity contribution in [1.82, 2.24) is 10.2 Å². The zero-order valence-electron chi connectivity index (χ0n) is 21.0. The Kier molecular flexibility index (Phi) is 11.0. The largest absolute Gasteiger partial charge is 0.354 e. The van der Waals surface area contributed by atoms with Crippen LogP contribution in [0.15, 0.2) is 48.5 Å². The van der Waals surface area contributed by atoms with Crippen molar-refractivity contribution in [3.63, 3.8) is 0 Å². The van der Waals surface area contributed by atoms with Gasteiger partial charge in [-0.3, -0.25) is 13.9 Å². The Morgan fingerprint density at radius 1 is 1.09 bits per heavy atom. The van der Waals surface area contributed by atoms with Crippen molar-refractivity contribution in [2.24, 2.45) is 0 Å². The van der Waals surface area contributed by atoms with Gasteiger partial charge in [0.05, 0.1) is 11.9 Å². The summed E-state index contributed by atoms with van der Waals surface area (Å²) in [5.41, 5.74) is 2.27. The van der Waals surface area contributed by atoms with E-state index in [4.69, 9.17) is 11.6 Å². The normalized spacial score (nSPS) is 12.1. The zero-order chi connectivity index (χ0) is 26.0. The molecule has 1 atom stereocenters. The monoisotopic (exact) mass is 521 g/mol. The summed E-state index contributed by atoms with van der Waals surface area (Å²) < 4.78 is 26.2. The molecule has 1 N–H and O–H groups in total. The summed E-state index contributed by atoms with van der Waals surface area (Å²) >= 11 is 6.35. The minimum absolute atomic E-state index is 0.0971. The first-order valence-corrected chi connectivity index (χ1v) is 14.2. The molecule has 0 fully saturated rings. The van der Waals surface area contributed by atoms with Gasteiger partial charge < -0.3 is 10.2 Å². The minimum Gasteiger partial charge on any atom is -0.354 e. The summed E-state index contributed by atoms with van der Waals surface area (Å²) in [7, 11) is -3.52. The molecule has 0 saturated carbocycles. The van der Waals surface area contributed by atoms with Crippen molar-refractivity contribution in [3.8, 4) is 0 Å². The molecule has 0 saturated heterocycles. The molecule has 2 rings (SSSR count). The Balaban J connectivity index is 2.21. The van der Waals surface area contributed by atoms with Gasteiger partial charge in [0.25, 0.3) is 0 Å². The molecule has 2 aromatic rings. The number of nitrogens with zero attached hydrogens (tertiary/aromatic N) is 2. The summed E-state index contributed by atoms with van der Waals surface area (Å²) in [5, 5.41) is 3.41. The fourth-order valence-electron chi connectivity index (χ4n) is 3.88. The molecule has 0 aliphatic carbocycles. The van der Waals surface area contributed by atoms with E-state index in [0.717, 1.165) is 23.8 Å². The molecule has 192 valence electrons. The van der Waals surface area contributed by atoms with E-state index in [-0.39, 0.29) is 31.3 Å². The molecule has 35 heavy (non-hydrogen) atoms. The summed E-state index contributed by atoms with van der Waals surface area (Å²) in [4.78, 5) is 27.8. The fraction of sp³-hybridized carbons (Fsp3) is 0.462. The number of rotatable bonds is 13. The van der Waals surface area contributed by atoms with Crippen LogP contribution in [0.3, 0.4) is 0 Å². The first-order chi connectivity index (χ1) is 16.6. The van der Waals surface area contributed by atoms with E-state index in [0.29, 0.717) is 30.1 Å². The van der Waals surface area contributed by atoms with Crippen LogP contribution in [0.1, 0.15) is 50.7 Å². The van der Waals surface area contributed by atoms with E-state index >= 15 is 0 Å². The third-order valence-electron chi connectivity index (χ3n) is 5.68. The van der Waals surface area contributed by atoms with Crippen LogP contribution in [0.5, 0.6) is 0 Å². The van der Waals surface area contributed by atoms with Gasteiger partial charge in [-0.2, -0.15) is 0 Å². The van der Waals surface area contributed by atoms with E-state index in [1.54, 1.807) is 29.2 Å². The molecule has 0 aromatic heterocycles. The molecule has 0 radical (unpaired) electrons. The van der Waals surface area contributed by atoms with Crippen molar-refractivity contribution in [3.05, 3.63) is 64.7 Å². The molecule has 2 amide bonds. The molecule has 2 aromatic carbocycles. The number of anilines is 1. The fourth-order valence-corrected chi connectivity index (χ4v) is 5.04. The van der Waals surface area contributed by atoms with E-state index in [9.17, 15) is 18.0 Å². The Hall–Kier alpha value is -2.58. The second kappa shape index (κ2) is 13.5. The number of carbonyl (C=O) groups excluding carboxylic acids is 2. The number of halogens is 1. The van der Waals surface area contributed by atoms with Gasteiger partial charge in [0.2, 0.25) is 21.8 Å². The second-order valence-electron chi connectivity index (χ2n) is 8.61. The maximum Gasteiger partial charge on any atom is 0.242 e. The first-order valence-electron chi connectivity index (χ1n) is 11.9. The minimum atomic E-state index is -3.52. The Labute approximate surface area is 214 Å². The van der Waals surface area contributed by atoms with Crippen LogP contribution in [0, 0.1) is 6.92 Å². The second-order valence-corrected chi connectivity index (χ2v) is 10.9. The average molecular weight is 522 g/mol. The number of hydrogen-bond donors (Lipinski definition) is 1. The SMILES string of the molecule is CCCNC(=O)[C@@H](CC)N(Cc1ccccc1Cl)C(=O)CCCN(c1cccc(C)c1)S(C)(=O)=O. The number of aryl methyl sites for hydroxylation is 1. The van der Waals surface area contributed by atoms with Gasteiger partial charge in [-0.25, -0.2) is 8.42 Å². The highest BCUT2D eigenvalue weighted by molar-refractivity contribution is 7.92. The lowest BCUT2D eigenvalue weighted by Gasteiger charge is -2.31. The number of benzene rings is 2. The molecule has 0 heterocycles. The van der Waals surface area contributed by atoms with Crippen LogP contribution in [0.2, 0.25) is 5.02 Å². The Morgan fingerprint density at radius 3 is 2.40 bits per heavy atom. The lowest BCUT2D eigenvalue weighted by molar-refractivity contribution is -0.141. The van der Waals surface area contributed by atoms with Crippen molar-refractivity contribution in [2.45, 2.75) is 59.0 Å². The van der Waals surface area contributed by atoms with Gasteiger partial charge in [0, 0.05) is 31.1 Å². The average Bonchev–Trinajstić information content (AvgIpc) is 2.80. The topological polar surface area (TPSA) is 86.8 Å². The molecular formula is C26H36ClN3O4S. The van der Waals surface area contributed by atoms with Gasteiger partial charge in [-0.1, -0.05) is 55.8 Å². The third kappa shape index (κ3) is 8.54. The predicted molar refractivity (Wildman–Crippen MR) is 142 cm³/mol. The van der Waals surface area contributed by atoms with Crippen molar-refractivity contribution in [1.29, 1.82) is 0 Å². The summed E-state index contributed by atoms with van der Waals surface area (Å²) in [6, 6.07) is 13.8. The smallest absolute Gasteiger partial charge is 0.242 e. The standard InChI is InChI=1S/C26H36ClN3O4S/c1-5-16-28-26(32)24(6-2)29(19-21-12-7-8-14-23(21)27)25(31)15-10-17-30(35(4,33)34)22-13-9-11-20(3)18-22/h7-9,11-14,18,24H,5-6,10,15-17,19H2,1-4H3,(H,28,32)/t24-/m1/s1. The lowest BCUT2D eigenvalue weighted by atomic mass is 10.1. The van der Waals surface area contributed by atoms with Crippen molar-refractivity contribution < 1.29 is 18.0 Å². The molecule has 0 aliphatic rings. The predicted octanol–water partition coefficient (Wildman–Crippen LogP) is 4.53. The maximum absolute atomic E-state index is 13.4. The van der Waals surface area contributed by atoms with Crippen LogP contribution >= 0.6 is 11.6 Å².